The highest BCUT2D eigenvalue weighted by Crippen LogP contribution is 2.71. The van der Waals surface area contributed by atoms with Gasteiger partial charge in [0, 0.05) is 138 Å². The molecule has 758 valence electrons. The Balaban J connectivity index is 0.000000125. The molecule has 0 heterocycles. The van der Waals surface area contributed by atoms with E-state index in [9.17, 15) is 82.4 Å². The first-order valence-corrected chi connectivity index (χ1v) is 55.9. The van der Waals surface area contributed by atoms with Gasteiger partial charge in [-0.3, -0.25) is 67.1 Å². The molecule has 3 N–H and O–H groups in total. The van der Waals surface area contributed by atoms with Crippen LogP contribution in [0.1, 0.15) is 317 Å². The van der Waals surface area contributed by atoms with Gasteiger partial charge in [0.25, 0.3) is 0 Å². The summed E-state index contributed by atoms with van der Waals surface area (Å²) in [6, 6.07) is 0. The molecular weight excluding hydrogens is 1770 g/mol. The van der Waals surface area contributed by atoms with Gasteiger partial charge in [-0.15, -0.1) is 0 Å². The lowest BCUT2D eigenvalue weighted by molar-refractivity contribution is -0.155. The normalized spacial score (nSPS) is 45.4. The molecule has 0 aromatic rings. The van der Waals surface area contributed by atoms with Crippen LogP contribution in [0.15, 0.2) is 70.1 Å². The maximum Gasteiger partial charge on any atom is 0.303 e. The van der Waals surface area contributed by atoms with E-state index in [-0.39, 0.29) is 204 Å². The van der Waals surface area contributed by atoms with Crippen molar-refractivity contribution in [2.75, 3.05) is 0 Å². The lowest BCUT2D eigenvalue weighted by atomic mass is 9.47. The van der Waals surface area contributed by atoms with Crippen LogP contribution in [0.4, 0.5) is 0 Å². The number of ketones is 7. The highest BCUT2D eigenvalue weighted by molar-refractivity contribution is 6.70. The summed E-state index contributed by atoms with van der Waals surface area (Å²) >= 11 is 0. The summed E-state index contributed by atoms with van der Waals surface area (Å²) in [7, 11) is -1.68. The first-order chi connectivity index (χ1) is 64.5. The molecule has 0 radical (unpaired) electrons. The third kappa shape index (κ3) is 18.1. The first kappa shape index (κ1) is 103. The number of hydrogen-bond acceptors (Lipinski definition) is 25. The van der Waals surface area contributed by atoms with Crippen LogP contribution in [0.5, 0.6) is 0 Å². The molecule has 0 bridgehead atoms. The number of rotatable bonds is 9. The Bertz CT molecular complexity index is 5170. The van der Waals surface area contributed by atoms with Crippen LogP contribution in [0.25, 0.3) is 0 Å². The van der Waals surface area contributed by atoms with E-state index in [1.165, 1.54) is 65.2 Å². The maximum atomic E-state index is 13.4. The molecular formula is C112H156O25Si. The van der Waals surface area contributed by atoms with E-state index in [4.69, 9.17) is 37.6 Å². The van der Waals surface area contributed by atoms with Crippen molar-refractivity contribution >= 4 is 90.6 Å². The molecule has 138 heavy (non-hydrogen) atoms. The van der Waals surface area contributed by atoms with Gasteiger partial charge in [-0.2, -0.15) is 0 Å². The Hall–Kier alpha value is -7.68. The van der Waals surface area contributed by atoms with Crippen molar-refractivity contribution in [3.8, 4) is 0 Å². The molecule has 20 aliphatic rings. The first-order valence-electron chi connectivity index (χ1n) is 52.5. The quantitative estimate of drug-likeness (QED) is 0.0835. The number of allylic oxidation sites excluding steroid dienone is 6. The maximum absolute atomic E-state index is 13.4. The minimum absolute atomic E-state index is 0.00391. The Morgan fingerprint density at radius 2 is 0.659 bits per heavy atom. The summed E-state index contributed by atoms with van der Waals surface area (Å²) in [5.74, 6) is 1.74. The fourth-order valence-corrected chi connectivity index (χ4v) is 34.7. The predicted molar refractivity (Wildman–Crippen MR) is 511 cm³/mol. The summed E-state index contributed by atoms with van der Waals surface area (Å²) in [4.78, 5) is 171. The molecule has 0 aromatic carbocycles. The number of aliphatic hydroxyl groups is 3. The summed E-state index contributed by atoms with van der Waals surface area (Å²) in [5, 5.41) is 32.3. The topological polar surface area (TPSA) is 374 Å². The molecule has 35 atom stereocenters. The van der Waals surface area contributed by atoms with Crippen molar-refractivity contribution in [2.24, 2.45) is 143 Å². The van der Waals surface area contributed by atoms with Gasteiger partial charge in [-0.1, -0.05) is 103 Å². The smallest absolute Gasteiger partial charge is 0.303 e. The van der Waals surface area contributed by atoms with Crippen molar-refractivity contribution in [1.82, 2.24) is 0 Å². The van der Waals surface area contributed by atoms with E-state index in [1.807, 2.05) is 32.1 Å². The molecule has 14 fully saturated rings. The van der Waals surface area contributed by atoms with E-state index in [0.29, 0.717) is 86.6 Å². The third-order valence-electron chi connectivity index (χ3n) is 41.0. The second-order valence-corrected chi connectivity index (χ2v) is 54.1. The van der Waals surface area contributed by atoms with Crippen LogP contribution in [0, 0.1) is 143 Å². The van der Waals surface area contributed by atoms with Crippen molar-refractivity contribution < 1.29 is 120 Å². The van der Waals surface area contributed by atoms with Crippen molar-refractivity contribution in [2.45, 2.75) is 397 Å². The molecule has 0 spiro atoms. The van der Waals surface area contributed by atoms with Gasteiger partial charge in [0.1, 0.15) is 48.5 Å². The minimum Gasteiger partial charge on any atom is -0.547 e. The van der Waals surface area contributed by atoms with Crippen LogP contribution in [-0.4, -0.2) is 167 Å². The monoisotopic (exact) mass is 1930 g/mol. The van der Waals surface area contributed by atoms with Gasteiger partial charge < -0.3 is 52.9 Å². The number of esters is 7. The fourth-order valence-electron chi connectivity index (χ4n) is 33.7. The molecule has 0 aromatic heterocycles. The highest BCUT2D eigenvalue weighted by atomic mass is 28.4. The molecule has 20 rings (SSSR count). The van der Waals surface area contributed by atoms with Crippen LogP contribution in [0.3, 0.4) is 0 Å². The Morgan fingerprint density at radius 1 is 0.333 bits per heavy atom. The standard InChI is InChI=1S/C24H36O4Si.C23H34O6.C23H30O6.C21H28O5.C21H28O4/c1-15(25)27-17-9-11-23(2)16(13-17)14-20(26)22-18-7-8-21(28-29(4,5)6)24(18,3)12-10-19(22)23;2*1-12(24)28-15-5-7-22(3)14(9-15)10-18(26)20-16(22)6-8-23(4)17(20)11-19(21(23)27)29-13(2)25;1-11(22)26-13-4-6-20(2)12(8-13)9-16(23)18-14(20)5-7-21(3)15(18)10-17(24)19(21)25;1-12(22)25-14-6-8-20(2)13(10-14)11-17(23)19-15-4-5-18(24)21(15,3)9-7-16(19)20/h8,14,17-19,22H,7,9-13H2,1-6H3;10,15-21,26-27H,5-9,11H2,1-4H3;10,15-17,19-20H,5-9,11H2,1-4H3;9,13-15,17-18,24H,4-8,10H2,1-3H3;11,14-16,19H,4-10H2,1-3H3/t17-,18-,19-,22-,23-,24-;15-,16-,17-,18-,19?,20+,21-,22-,23-;15-,16-,17-,19?,20+,22-,23-;13-,14-,15-,17?,18+,20-,21-;14-,15-,16-,19-,20-,21-/m00000/s1. The number of ether oxygens (including phenoxy) is 7. The average Bonchev–Trinajstić information content (AvgIpc) is 1.49. The van der Waals surface area contributed by atoms with Crippen LogP contribution in [0.2, 0.25) is 19.6 Å². The van der Waals surface area contributed by atoms with Gasteiger partial charge in [-0.05, 0) is 303 Å². The highest BCUT2D eigenvalue weighted by Gasteiger charge is 2.70. The number of Topliss-reactive ketones (excluding diaryl/α,β-unsaturated/α-hetero) is 3. The van der Waals surface area contributed by atoms with E-state index >= 15 is 0 Å². The summed E-state index contributed by atoms with van der Waals surface area (Å²) < 4.78 is 44.5. The summed E-state index contributed by atoms with van der Waals surface area (Å²) in [6.07, 6.45) is 32.7. The molecule has 14 saturated carbocycles. The van der Waals surface area contributed by atoms with Crippen molar-refractivity contribution in [3.05, 3.63) is 70.1 Å². The minimum atomic E-state index is -1.68. The third-order valence-corrected chi connectivity index (χ3v) is 41.8. The zero-order valence-corrected chi connectivity index (χ0v) is 86.6. The lowest BCUT2D eigenvalue weighted by Gasteiger charge is -2.58. The molecule has 3 unspecified atom stereocenters. The van der Waals surface area contributed by atoms with E-state index < -0.39 is 55.6 Å². The van der Waals surface area contributed by atoms with E-state index in [1.54, 1.807) is 12.2 Å². The second kappa shape index (κ2) is 37.5. The Morgan fingerprint density at radius 3 is 1.05 bits per heavy atom. The number of aliphatic hydroxyl groups excluding tert-OH is 3. The van der Waals surface area contributed by atoms with Gasteiger partial charge in [0.2, 0.25) is 8.32 Å². The van der Waals surface area contributed by atoms with Crippen LogP contribution < -0.4 is 0 Å². The Kier molecular flexibility index (Phi) is 28.0. The molecule has 0 amide bonds. The molecule has 0 saturated heterocycles. The second-order valence-electron chi connectivity index (χ2n) is 49.7. The van der Waals surface area contributed by atoms with E-state index in [0.717, 1.165) is 165 Å². The van der Waals surface area contributed by atoms with Crippen molar-refractivity contribution in [1.29, 1.82) is 0 Å². The average molecular weight is 1930 g/mol. The largest absolute Gasteiger partial charge is 0.547 e. The number of carbonyl (C=O) groups is 14. The summed E-state index contributed by atoms with van der Waals surface area (Å²) in [5.41, 5.74) is 3.85. The SMILES string of the molecule is CC(=O)OC1C[C@H]2[C@@H]3C(=O)C=C4C[C@@H](OC(C)=O)CC[C@]4(C)[C@H]3CC[C@]2(C)C1=O.CC(=O)OC1C[C@H]2[C@@H]3[C@@H](O)C=C4C[C@@H](OC(C)=O)CC[C@]4(C)[C@H]3CC[C@]2(C)[C@H]1O.CC(=O)O[C@H]1CC[C@@]2(C)C(=CC(=O)[C@@H]3[C@@H]2CC[C@]2(C)C(=O)C(O)C[C@@H]32)C1.CC(=O)O[C@H]1CC[C@@]2(C)C(=CC(=O)[C@@H]3[C@@H]2CC[C@]2(C)C(=O)CC[C@@H]32)C1.CC(=O)O[C@H]1CC[C@@]2(C)C(=CC(=O)[C@@H]3[C@@H]2CC[C@]2(C)C(O[Si](C)(C)C)=CC[C@@H]32)C1. The summed E-state index contributed by atoms with van der Waals surface area (Å²) in [6.45, 7) is 38.5. The predicted octanol–water partition coefficient (Wildman–Crippen LogP) is 17.6. The zero-order chi connectivity index (χ0) is 100. The number of carbonyl (C=O) groups excluding carboxylic acids is 14. The van der Waals surface area contributed by atoms with Gasteiger partial charge >= 0.3 is 41.8 Å². The molecule has 20 aliphatic carbocycles. The molecule has 25 nitrogen and oxygen atoms in total. The van der Waals surface area contributed by atoms with Crippen molar-refractivity contribution in [3.63, 3.8) is 0 Å². The number of hydrogen-bond donors (Lipinski definition) is 3. The van der Waals surface area contributed by atoms with Gasteiger partial charge in [0.05, 0.1) is 18.0 Å². The fraction of sp³-hybridized carbons (Fsp3) is 0.768. The van der Waals surface area contributed by atoms with Gasteiger partial charge in [0.15, 0.2) is 40.8 Å². The number of fused-ring (bicyclic) bond motifs is 25. The Labute approximate surface area is 816 Å². The van der Waals surface area contributed by atoms with Gasteiger partial charge in [-0.25, -0.2) is 0 Å². The molecule has 26 heteroatoms. The zero-order valence-electron chi connectivity index (χ0n) is 85.6. The van der Waals surface area contributed by atoms with Crippen LogP contribution >= 0.6 is 0 Å². The van der Waals surface area contributed by atoms with E-state index in [2.05, 4.69) is 81.1 Å². The lowest BCUT2D eigenvalue weighted by Crippen LogP contribution is -2.55. The molecule has 0 aliphatic heterocycles. The van der Waals surface area contributed by atoms with Crippen LogP contribution in [-0.2, 0) is 105 Å².